The number of nitrogens with one attached hydrogen (secondary N) is 2. The molecule has 1 aromatic carbocycles. The molecule has 2 N–H and O–H groups in total. The smallest absolute Gasteiger partial charge is 0.234 e. The molecule has 3 aromatic rings. The zero-order valence-electron chi connectivity index (χ0n) is 11.6. The van der Waals surface area contributed by atoms with E-state index in [2.05, 4.69) is 37.2 Å². The van der Waals surface area contributed by atoms with Crippen LogP contribution in [-0.4, -0.2) is 20.8 Å². The molecule has 0 saturated heterocycles. The van der Waals surface area contributed by atoms with Gasteiger partial charge in [-0.05, 0) is 24.5 Å². The van der Waals surface area contributed by atoms with Crippen LogP contribution >= 0.6 is 34.6 Å². The van der Waals surface area contributed by atoms with Gasteiger partial charge in [-0.15, -0.1) is 11.8 Å². The highest BCUT2D eigenvalue weighted by Crippen LogP contribution is 2.30. The fraction of sp³-hybridized carbons (Fsp3) is 0.143. The number of anilines is 3. The Morgan fingerprint density at radius 2 is 2.00 bits per heavy atom. The standard InChI is InChI=1S/C14H14IN5S/c1-20-8-7-10-12(20)13(18-14(17-10)19-15)16-9-5-3-4-6-11(9)21-2/h3-8H,1-2H3,(H2,16,17,18,19). The third-order valence-corrected chi connectivity index (χ3v) is 4.44. The van der Waals surface area contributed by atoms with Crippen LogP contribution in [0, 0.1) is 0 Å². The van der Waals surface area contributed by atoms with Gasteiger partial charge in [0.15, 0.2) is 5.82 Å². The van der Waals surface area contributed by atoms with E-state index in [0.29, 0.717) is 5.95 Å². The van der Waals surface area contributed by atoms with Crippen LogP contribution in [0.4, 0.5) is 17.5 Å². The SMILES string of the molecule is CSc1ccccc1Nc1nc(NI)nc2ccn(C)c12. The zero-order chi connectivity index (χ0) is 14.8. The lowest BCUT2D eigenvalue weighted by molar-refractivity contribution is 0.964. The highest BCUT2D eigenvalue weighted by atomic mass is 127. The molecule has 0 bridgehead atoms. The minimum absolute atomic E-state index is 0.596. The summed E-state index contributed by atoms with van der Waals surface area (Å²) in [5, 5.41) is 3.43. The quantitative estimate of drug-likeness (QED) is 0.383. The lowest BCUT2D eigenvalue weighted by Crippen LogP contribution is -2.02. The van der Waals surface area contributed by atoms with Gasteiger partial charge in [0.2, 0.25) is 5.95 Å². The van der Waals surface area contributed by atoms with Gasteiger partial charge in [0.05, 0.1) is 34.1 Å². The number of hydrogen-bond donors (Lipinski definition) is 2. The molecule has 0 saturated carbocycles. The van der Waals surface area contributed by atoms with E-state index in [1.807, 2.05) is 58.9 Å². The molecule has 0 aliphatic heterocycles. The maximum atomic E-state index is 4.55. The number of rotatable bonds is 4. The molecule has 21 heavy (non-hydrogen) atoms. The van der Waals surface area contributed by atoms with E-state index in [4.69, 9.17) is 0 Å². The van der Waals surface area contributed by atoms with Crippen LogP contribution in [0.2, 0.25) is 0 Å². The molecule has 0 radical (unpaired) electrons. The van der Waals surface area contributed by atoms with Crippen molar-refractivity contribution in [3.63, 3.8) is 0 Å². The molecular formula is C14H14IN5S. The number of para-hydroxylation sites is 1. The minimum atomic E-state index is 0.596. The van der Waals surface area contributed by atoms with Gasteiger partial charge in [0.1, 0.15) is 5.52 Å². The maximum Gasteiger partial charge on any atom is 0.234 e. The first-order valence-electron chi connectivity index (χ1n) is 6.32. The van der Waals surface area contributed by atoms with Crippen molar-refractivity contribution in [1.82, 2.24) is 14.5 Å². The summed E-state index contributed by atoms with van der Waals surface area (Å²) < 4.78 is 5.00. The predicted molar refractivity (Wildman–Crippen MR) is 97.7 cm³/mol. The Bertz CT molecular complexity index is 786. The van der Waals surface area contributed by atoms with Crippen molar-refractivity contribution >= 4 is 63.1 Å². The topological polar surface area (TPSA) is 54.8 Å². The Balaban J connectivity index is 2.13. The molecule has 0 atom stereocenters. The average Bonchev–Trinajstić information content (AvgIpc) is 2.89. The van der Waals surface area contributed by atoms with Crippen LogP contribution < -0.4 is 8.85 Å². The Hall–Kier alpha value is -1.48. The summed E-state index contributed by atoms with van der Waals surface area (Å²) in [5.74, 6) is 1.39. The molecule has 108 valence electrons. The van der Waals surface area contributed by atoms with E-state index in [9.17, 15) is 0 Å². The van der Waals surface area contributed by atoms with Crippen molar-refractivity contribution in [3.8, 4) is 0 Å². The first kappa shape index (κ1) is 14.5. The number of hydrogen-bond acceptors (Lipinski definition) is 5. The van der Waals surface area contributed by atoms with Gasteiger partial charge in [-0.2, -0.15) is 4.98 Å². The average molecular weight is 411 g/mol. The van der Waals surface area contributed by atoms with Crippen LogP contribution in [0.3, 0.4) is 0 Å². The Labute approximate surface area is 141 Å². The molecular weight excluding hydrogens is 397 g/mol. The Morgan fingerprint density at radius 3 is 2.76 bits per heavy atom. The van der Waals surface area contributed by atoms with Crippen molar-refractivity contribution < 1.29 is 0 Å². The number of thioether (sulfide) groups is 1. The van der Waals surface area contributed by atoms with Gasteiger partial charge in [0, 0.05) is 18.1 Å². The van der Waals surface area contributed by atoms with E-state index in [-0.39, 0.29) is 0 Å². The molecule has 7 heteroatoms. The van der Waals surface area contributed by atoms with Crippen molar-refractivity contribution in [2.75, 3.05) is 15.1 Å². The van der Waals surface area contributed by atoms with Gasteiger partial charge in [0.25, 0.3) is 0 Å². The summed E-state index contributed by atoms with van der Waals surface area (Å²) in [4.78, 5) is 10.2. The minimum Gasteiger partial charge on any atom is -0.346 e. The van der Waals surface area contributed by atoms with E-state index in [1.165, 1.54) is 4.90 Å². The van der Waals surface area contributed by atoms with Crippen LogP contribution in [-0.2, 0) is 7.05 Å². The van der Waals surface area contributed by atoms with Crippen LogP contribution in [0.1, 0.15) is 0 Å². The van der Waals surface area contributed by atoms with Crippen molar-refractivity contribution in [2.45, 2.75) is 4.90 Å². The van der Waals surface area contributed by atoms with Gasteiger partial charge in [-0.1, -0.05) is 12.1 Å². The van der Waals surface area contributed by atoms with Crippen molar-refractivity contribution in [1.29, 1.82) is 0 Å². The van der Waals surface area contributed by atoms with E-state index < -0.39 is 0 Å². The molecule has 0 unspecified atom stereocenters. The van der Waals surface area contributed by atoms with Crippen molar-refractivity contribution in [2.24, 2.45) is 7.05 Å². The molecule has 0 amide bonds. The van der Waals surface area contributed by atoms with Crippen LogP contribution in [0.15, 0.2) is 41.4 Å². The summed E-state index contributed by atoms with van der Waals surface area (Å²) in [6.45, 7) is 0. The lowest BCUT2D eigenvalue weighted by atomic mass is 10.3. The normalized spacial score (nSPS) is 10.8. The van der Waals surface area contributed by atoms with Gasteiger partial charge >= 0.3 is 0 Å². The van der Waals surface area contributed by atoms with Crippen LogP contribution in [0.25, 0.3) is 11.0 Å². The molecule has 2 aromatic heterocycles. The largest absolute Gasteiger partial charge is 0.346 e. The zero-order valence-corrected chi connectivity index (χ0v) is 14.6. The lowest BCUT2D eigenvalue weighted by Gasteiger charge is -2.12. The third-order valence-electron chi connectivity index (χ3n) is 3.16. The van der Waals surface area contributed by atoms with E-state index in [0.717, 1.165) is 22.5 Å². The summed E-state index contributed by atoms with van der Waals surface area (Å²) in [5.41, 5.74) is 2.95. The van der Waals surface area contributed by atoms with Crippen LogP contribution in [0.5, 0.6) is 0 Å². The summed E-state index contributed by atoms with van der Waals surface area (Å²) >= 11 is 3.75. The fourth-order valence-electron chi connectivity index (χ4n) is 2.20. The highest BCUT2D eigenvalue weighted by Gasteiger charge is 2.12. The molecule has 5 nitrogen and oxygen atoms in total. The predicted octanol–water partition coefficient (Wildman–Crippen LogP) is 4.20. The second-order valence-electron chi connectivity index (χ2n) is 4.48. The summed E-state index contributed by atoms with van der Waals surface area (Å²) in [6, 6.07) is 10.2. The second-order valence-corrected chi connectivity index (χ2v) is 5.86. The molecule has 0 aliphatic rings. The number of benzene rings is 1. The molecule has 0 aliphatic carbocycles. The fourth-order valence-corrected chi connectivity index (χ4v) is 2.99. The third kappa shape index (κ3) is 2.80. The Morgan fingerprint density at radius 1 is 1.19 bits per heavy atom. The van der Waals surface area contributed by atoms with E-state index >= 15 is 0 Å². The summed E-state index contributed by atoms with van der Waals surface area (Å²) in [7, 11) is 1.99. The van der Waals surface area contributed by atoms with Gasteiger partial charge in [-0.3, -0.25) is 3.53 Å². The highest BCUT2D eigenvalue weighted by molar-refractivity contribution is 14.1. The molecule has 3 rings (SSSR count). The number of nitrogens with zero attached hydrogens (tertiary/aromatic N) is 3. The van der Waals surface area contributed by atoms with Crippen molar-refractivity contribution in [3.05, 3.63) is 36.5 Å². The number of aromatic nitrogens is 3. The van der Waals surface area contributed by atoms with E-state index in [1.54, 1.807) is 11.8 Å². The van der Waals surface area contributed by atoms with Gasteiger partial charge in [-0.25, -0.2) is 4.98 Å². The summed E-state index contributed by atoms with van der Waals surface area (Å²) in [6.07, 6.45) is 4.05. The first-order chi connectivity index (χ1) is 10.2. The first-order valence-corrected chi connectivity index (χ1v) is 8.63. The number of halogens is 1. The van der Waals surface area contributed by atoms with Gasteiger partial charge < -0.3 is 9.88 Å². The second kappa shape index (κ2) is 6.10. The molecule has 0 fully saturated rings. The Kier molecular flexibility index (Phi) is 4.20. The molecule has 2 heterocycles. The maximum absolute atomic E-state index is 4.55. The number of aryl methyl sites for hydroxylation is 1. The monoisotopic (exact) mass is 411 g/mol. The number of fused-ring (bicyclic) bond motifs is 1. The molecule has 0 spiro atoms.